The van der Waals surface area contributed by atoms with Gasteiger partial charge in [0.1, 0.15) is 5.75 Å². The van der Waals surface area contributed by atoms with E-state index in [1.165, 1.54) is 0 Å². The Morgan fingerprint density at radius 3 is 2.74 bits per heavy atom. The Kier molecular flexibility index (Phi) is 4.01. The lowest BCUT2D eigenvalue weighted by Crippen LogP contribution is -2.31. The fraction of sp³-hybridized carbons (Fsp3) is 0.312. The second kappa shape index (κ2) is 6.12. The molecule has 1 saturated heterocycles. The van der Waals surface area contributed by atoms with Gasteiger partial charge in [0.2, 0.25) is 11.7 Å². The first-order valence-corrected chi connectivity index (χ1v) is 7.27. The van der Waals surface area contributed by atoms with Crippen LogP contribution in [0.5, 0.6) is 5.75 Å². The number of aromatic nitrogens is 1. The van der Waals surface area contributed by atoms with E-state index in [9.17, 15) is 9.59 Å². The van der Waals surface area contributed by atoms with Crippen molar-refractivity contribution in [3.05, 3.63) is 47.7 Å². The number of carboxylic acids is 1. The minimum absolute atomic E-state index is 0.120. The molecule has 0 aliphatic carbocycles. The molecule has 1 N–H and O–H groups in total. The van der Waals surface area contributed by atoms with Gasteiger partial charge < -0.3 is 19.2 Å². The predicted molar refractivity (Wildman–Crippen MR) is 79.6 cm³/mol. The third kappa shape index (κ3) is 3.18. The molecule has 1 aliphatic heterocycles. The smallest absolute Gasteiger partial charge is 0.415 e. The molecule has 1 aromatic heterocycles. The van der Waals surface area contributed by atoms with E-state index in [1.807, 2.05) is 6.07 Å². The quantitative estimate of drug-likeness (QED) is 0.935. The second-order valence-corrected chi connectivity index (χ2v) is 5.38. The van der Waals surface area contributed by atoms with Crippen LogP contribution in [0.15, 0.2) is 34.7 Å². The van der Waals surface area contributed by atoms with Crippen molar-refractivity contribution in [1.29, 1.82) is 0 Å². The lowest BCUT2D eigenvalue weighted by molar-refractivity contribution is 0.0658. The third-order valence-corrected chi connectivity index (χ3v) is 3.75. The van der Waals surface area contributed by atoms with E-state index in [1.54, 1.807) is 36.1 Å². The van der Waals surface area contributed by atoms with Gasteiger partial charge in [-0.05, 0) is 25.5 Å². The van der Waals surface area contributed by atoms with Gasteiger partial charge in [0.05, 0.1) is 11.6 Å². The summed E-state index contributed by atoms with van der Waals surface area (Å²) in [6, 6.07) is 8.84. The highest BCUT2D eigenvalue weighted by molar-refractivity contribution is 5.85. The SMILES string of the molecule is Cc1nc([C@H]2CCN(C(=O)Oc3ccccc3)C2)oc1C(=O)O. The van der Waals surface area contributed by atoms with Gasteiger partial charge in [0, 0.05) is 13.1 Å². The number of ether oxygens (including phenoxy) is 1. The zero-order valence-corrected chi connectivity index (χ0v) is 12.6. The Hall–Kier alpha value is -2.83. The Labute approximate surface area is 132 Å². The number of aromatic carboxylic acids is 1. The van der Waals surface area contributed by atoms with E-state index in [0.29, 0.717) is 36.8 Å². The van der Waals surface area contributed by atoms with Crippen LogP contribution in [0.3, 0.4) is 0 Å². The summed E-state index contributed by atoms with van der Waals surface area (Å²) in [5, 5.41) is 9.01. The van der Waals surface area contributed by atoms with Crippen molar-refractivity contribution < 1.29 is 23.8 Å². The number of nitrogens with zero attached hydrogens (tertiary/aromatic N) is 2. The summed E-state index contributed by atoms with van der Waals surface area (Å²) < 4.78 is 10.6. The molecule has 2 heterocycles. The molecule has 0 bridgehead atoms. The molecule has 0 saturated carbocycles. The van der Waals surface area contributed by atoms with Gasteiger partial charge in [-0.15, -0.1) is 0 Å². The first-order valence-electron chi connectivity index (χ1n) is 7.27. The van der Waals surface area contributed by atoms with E-state index in [2.05, 4.69) is 4.98 Å². The molecule has 1 amide bonds. The minimum Gasteiger partial charge on any atom is -0.475 e. The van der Waals surface area contributed by atoms with E-state index in [-0.39, 0.29) is 11.7 Å². The van der Waals surface area contributed by atoms with Crippen LogP contribution in [0.1, 0.15) is 34.5 Å². The fourth-order valence-corrected chi connectivity index (χ4v) is 2.57. The van der Waals surface area contributed by atoms with E-state index in [4.69, 9.17) is 14.3 Å². The topological polar surface area (TPSA) is 92.9 Å². The molecule has 1 atom stereocenters. The highest BCUT2D eigenvalue weighted by atomic mass is 16.6. The van der Waals surface area contributed by atoms with Crippen LogP contribution in [-0.2, 0) is 0 Å². The van der Waals surface area contributed by atoms with Crippen LogP contribution in [0, 0.1) is 6.92 Å². The summed E-state index contributed by atoms with van der Waals surface area (Å²) in [6.07, 6.45) is 0.226. The summed E-state index contributed by atoms with van der Waals surface area (Å²) in [6.45, 7) is 2.50. The molecule has 120 valence electrons. The molecule has 0 radical (unpaired) electrons. The van der Waals surface area contributed by atoms with Crippen molar-refractivity contribution in [2.45, 2.75) is 19.3 Å². The maximum Gasteiger partial charge on any atom is 0.415 e. The monoisotopic (exact) mass is 316 g/mol. The van der Waals surface area contributed by atoms with Gasteiger partial charge in [0.15, 0.2) is 0 Å². The number of benzene rings is 1. The van der Waals surface area contributed by atoms with E-state index >= 15 is 0 Å². The van der Waals surface area contributed by atoms with Gasteiger partial charge in [-0.3, -0.25) is 0 Å². The van der Waals surface area contributed by atoms with Crippen molar-refractivity contribution in [1.82, 2.24) is 9.88 Å². The zero-order chi connectivity index (χ0) is 16.4. The van der Waals surface area contributed by atoms with Crippen molar-refractivity contribution in [2.75, 3.05) is 13.1 Å². The van der Waals surface area contributed by atoms with Crippen molar-refractivity contribution in [3.63, 3.8) is 0 Å². The molecular formula is C16H16N2O5. The van der Waals surface area contributed by atoms with Gasteiger partial charge in [-0.1, -0.05) is 18.2 Å². The van der Waals surface area contributed by atoms with Crippen LogP contribution >= 0.6 is 0 Å². The molecule has 1 fully saturated rings. The molecule has 7 nitrogen and oxygen atoms in total. The summed E-state index contributed by atoms with van der Waals surface area (Å²) >= 11 is 0. The second-order valence-electron chi connectivity index (χ2n) is 5.38. The number of carboxylic acid groups (broad SMARTS) is 1. The van der Waals surface area contributed by atoms with Crippen molar-refractivity contribution >= 4 is 12.1 Å². The Morgan fingerprint density at radius 1 is 1.35 bits per heavy atom. The Bertz CT molecular complexity index is 725. The van der Waals surface area contributed by atoms with E-state index in [0.717, 1.165) is 0 Å². The number of amides is 1. The molecule has 2 aromatic rings. The Morgan fingerprint density at radius 2 is 2.09 bits per heavy atom. The summed E-state index contributed by atoms with van der Waals surface area (Å²) in [5.74, 6) is -0.564. The summed E-state index contributed by atoms with van der Waals surface area (Å²) in [5.41, 5.74) is 0.345. The molecule has 7 heteroatoms. The normalized spacial score (nSPS) is 17.3. The lowest BCUT2D eigenvalue weighted by atomic mass is 10.1. The minimum atomic E-state index is -1.14. The molecule has 0 spiro atoms. The lowest BCUT2D eigenvalue weighted by Gasteiger charge is -2.15. The zero-order valence-electron chi connectivity index (χ0n) is 12.6. The number of carbonyl (C=O) groups is 2. The number of carbonyl (C=O) groups excluding carboxylic acids is 1. The first kappa shape index (κ1) is 15.1. The maximum absolute atomic E-state index is 12.1. The number of rotatable bonds is 3. The number of likely N-dealkylation sites (tertiary alicyclic amines) is 1. The largest absolute Gasteiger partial charge is 0.475 e. The number of para-hydroxylation sites is 1. The predicted octanol–water partition coefficient (Wildman–Crippen LogP) is 2.67. The molecule has 1 aliphatic rings. The average Bonchev–Trinajstić information content (AvgIpc) is 3.14. The van der Waals surface area contributed by atoms with E-state index < -0.39 is 12.1 Å². The fourth-order valence-electron chi connectivity index (χ4n) is 2.57. The number of hydrogen-bond donors (Lipinski definition) is 1. The molecule has 1 aromatic carbocycles. The van der Waals surface area contributed by atoms with Crippen molar-refractivity contribution in [3.8, 4) is 5.75 Å². The van der Waals surface area contributed by atoms with Crippen LogP contribution in [0.2, 0.25) is 0 Å². The molecule has 23 heavy (non-hydrogen) atoms. The average molecular weight is 316 g/mol. The van der Waals surface area contributed by atoms with Crippen LogP contribution < -0.4 is 4.74 Å². The van der Waals surface area contributed by atoms with Crippen molar-refractivity contribution in [2.24, 2.45) is 0 Å². The van der Waals surface area contributed by atoms with Crippen LogP contribution in [0.4, 0.5) is 4.79 Å². The first-order chi connectivity index (χ1) is 11.0. The highest BCUT2D eigenvalue weighted by Crippen LogP contribution is 2.28. The summed E-state index contributed by atoms with van der Waals surface area (Å²) in [4.78, 5) is 28.9. The molecular weight excluding hydrogens is 300 g/mol. The number of aryl methyl sites for hydroxylation is 1. The number of oxazole rings is 1. The van der Waals surface area contributed by atoms with Gasteiger partial charge in [-0.2, -0.15) is 0 Å². The van der Waals surface area contributed by atoms with Gasteiger partial charge >= 0.3 is 12.1 Å². The Balaban J connectivity index is 1.65. The maximum atomic E-state index is 12.1. The molecule has 3 rings (SSSR count). The summed E-state index contributed by atoms with van der Waals surface area (Å²) in [7, 11) is 0. The highest BCUT2D eigenvalue weighted by Gasteiger charge is 2.32. The van der Waals surface area contributed by atoms with Crippen LogP contribution in [0.25, 0.3) is 0 Å². The van der Waals surface area contributed by atoms with Crippen LogP contribution in [-0.4, -0.2) is 40.1 Å². The van der Waals surface area contributed by atoms with Gasteiger partial charge in [0.25, 0.3) is 0 Å². The van der Waals surface area contributed by atoms with Gasteiger partial charge in [-0.25, -0.2) is 14.6 Å². The standard InChI is InChI=1S/C16H16N2O5/c1-10-13(15(19)20)23-14(17-10)11-7-8-18(9-11)16(21)22-12-5-3-2-4-6-12/h2-6,11H,7-9H2,1H3,(H,19,20)/t11-/m0/s1. The third-order valence-electron chi connectivity index (χ3n) is 3.75. The number of hydrogen-bond acceptors (Lipinski definition) is 5. The molecule has 0 unspecified atom stereocenters.